The summed E-state index contributed by atoms with van der Waals surface area (Å²) in [7, 11) is -2.41. The number of ether oxygens (including phenoxy) is 10. The van der Waals surface area contributed by atoms with Gasteiger partial charge in [-0.1, -0.05) is 133 Å². The fourth-order valence-corrected chi connectivity index (χ4v) is 15.2. The van der Waals surface area contributed by atoms with E-state index in [9.17, 15) is 10.2 Å². The molecule has 0 saturated carbocycles. The Morgan fingerprint density at radius 2 is 1.17 bits per heavy atom. The summed E-state index contributed by atoms with van der Waals surface area (Å²) < 4.78 is 72.9. The van der Waals surface area contributed by atoms with Gasteiger partial charge in [0.1, 0.15) is 48.3 Å². The topological polar surface area (TPSA) is 142 Å². The van der Waals surface area contributed by atoms with Crippen molar-refractivity contribution in [2.45, 2.75) is 178 Å². The van der Waals surface area contributed by atoms with Crippen LogP contribution in [0.15, 0.2) is 91.0 Å². The number of aliphatic hydroxyl groups excluding tert-OH is 1. The lowest BCUT2D eigenvalue weighted by Gasteiger charge is -2.50. The lowest BCUT2D eigenvalue weighted by atomic mass is 9.98. The molecule has 13 nitrogen and oxygen atoms in total. The molecule has 2 N–H and O–H groups in total. The Morgan fingerprint density at radius 1 is 0.651 bits per heavy atom. The highest BCUT2D eigenvalue weighted by molar-refractivity contribution is 6.77. The van der Waals surface area contributed by atoms with Gasteiger partial charge in [0, 0.05) is 0 Å². The minimum atomic E-state index is -2.41. The van der Waals surface area contributed by atoms with Gasteiger partial charge in [-0.3, -0.25) is 0 Å². The Labute approximate surface area is 374 Å². The van der Waals surface area contributed by atoms with E-state index < -0.39 is 87.4 Å². The van der Waals surface area contributed by atoms with E-state index >= 15 is 0 Å². The van der Waals surface area contributed by atoms with Gasteiger partial charge in [0.25, 0.3) is 0 Å². The first kappa shape index (κ1) is 48.3. The summed E-state index contributed by atoms with van der Waals surface area (Å²) in [4.78, 5) is 0. The first-order valence-electron chi connectivity index (χ1n) is 22.7. The lowest BCUT2D eigenvalue weighted by Crippen LogP contribution is -2.64. The summed E-state index contributed by atoms with van der Waals surface area (Å²) in [6, 6.07) is 29.2. The standard InChI is InChI=1S/C49H70O13Si/c1-31(2)63(32(3)4,33(5)6)62-46-43-41(60-48(8,9)61-43)39(34(7)57-46)58-45-42(54-27-37-23-17-12-18-24-37)40(38(28-55-45)53-26-36-21-15-11-16-22-36)59-47-44(50)49(51,30-56-47)29-52-25-35-19-13-10-14-20-35/h10-24,31-34,38-47,50-51H,25-30H2,1-9H3/t34-,38-,39+,40?,41?,42?,43?,44-,45+,46+,47+,49?/m1/s1. The van der Waals surface area contributed by atoms with E-state index in [2.05, 4.69) is 41.5 Å². The van der Waals surface area contributed by atoms with E-state index in [1.807, 2.05) is 112 Å². The van der Waals surface area contributed by atoms with Crippen LogP contribution in [-0.4, -0.2) is 117 Å². The van der Waals surface area contributed by atoms with Gasteiger partial charge in [-0.25, -0.2) is 0 Å². The van der Waals surface area contributed by atoms with Crippen molar-refractivity contribution in [1.82, 2.24) is 0 Å². The van der Waals surface area contributed by atoms with Crippen molar-refractivity contribution in [3.8, 4) is 0 Å². The minimum Gasteiger partial charge on any atom is -0.389 e. The molecule has 4 aliphatic heterocycles. The molecule has 4 aliphatic rings. The number of benzene rings is 3. The summed E-state index contributed by atoms with van der Waals surface area (Å²) >= 11 is 0. The maximum absolute atomic E-state index is 11.7. The highest BCUT2D eigenvalue weighted by atomic mass is 28.4. The number of hydrogen-bond donors (Lipinski definition) is 2. The molecule has 0 aliphatic carbocycles. The van der Waals surface area contributed by atoms with Gasteiger partial charge in [-0.05, 0) is 54.1 Å². The minimum absolute atomic E-state index is 0.0521. The summed E-state index contributed by atoms with van der Waals surface area (Å²) in [5, 5.41) is 23.3. The third kappa shape index (κ3) is 11.1. The number of rotatable bonds is 19. The molecule has 0 aromatic heterocycles. The van der Waals surface area contributed by atoms with Crippen molar-refractivity contribution in [3.05, 3.63) is 108 Å². The van der Waals surface area contributed by atoms with Crippen molar-refractivity contribution >= 4 is 8.32 Å². The molecule has 348 valence electrons. The zero-order valence-corrected chi connectivity index (χ0v) is 39.4. The molecule has 0 spiro atoms. The Morgan fingerprint density at radius 3 is 1.75 bits per heavy atom. The van der Waals surface area contributed by atoms with Gasteiger partial charge in [0.15, 0.2) is 24.7 Å². The number of fused-ring (bicyclic) bond motifs is 1. The largest absolute Gasteiger partial charge is 0.389 e. The van der Waals surface area contributed by atoms with Crippen LogP contribution in [0.4, 0.5) is 0 Å². The van der Waals surface area contributed by atoms with Crippen molar-refractivity contribution in [2.24, 2.45) is 0 Å². The highest BCUT2D eigenvalue weighted by Gasteiger charge is 2.60. The van der Waals surface area contributed by atoms with Crippen molar-refractivity contribution in [2.75, 3.05) is 19.8 Å². The zero-order valence-electron chi connectivity index (χ0n) is 38.4. The normalized spacial score (nSPS) is 33.3. The van der Waals surface area contributed by atoms with Crippen LogP contribution in [0.1, 0.15) is 79.0 Å². The molecule has 63 heavy (non-hydrogen) atoms. The van der Waals surface area contributed by atoms with E-state index in [0.29, 0.717) is 16.6 Å². The van der Waals surface area contributed by atoms with Gasteiger partial charge in [-0.15, -0.1) is 0 Å². The third-order valence-electron chi connectivity index (χ3n) is 12.9. The molecule has 4 heterocycles. The molecule has 4 fully saturated rings. The molecule has 4 saturated heterocycles. The number of aliphatic hydroxyl groups is 2. The predicted octanol–water partition coefficient (Wildman–Crippen LogP) is 7.41. The van der Waals surface area contributed by atoms with Crippen LogP contribution >= 0.6 is 0 Å². The Balaban J connectivity index is 1.16. The van der Waals surface area contributed by atoms with Gasteiger partial charge in [0.2, 0.25) is 8.32 Å². The molecule has 3 aromatic rings. The highest BCUT2D eigenvalue weighted by Crippen LogP contribution is 2.47. The Kier molecular flexibility index (Phi) is 16.0. The fourth-order valence-electron chi connectivity index (χ4n) is 9.82. The first-order chi connectivity index (χ1) is 30.1. The second kappa shape index (κ2) is 20.9. The van der Waals surface area contributed by atoms with Gasteiger partial charge >= 0.3 is 0 Å². The van der Waals surface area contributed by atoms with Crippen LogP contribution in [0.2, 0.25) is 16.6 Å². The summed E-state index contributed by atoms with van der Waals surface area (Å²) in [6.45, 7) is 19.6. The summed E-state index contributed by atoms with van der Waals surface area (Å²) in [5.74, 6) is -0.945. The molecule has 0 amide bonds. The average Bonchev–Trinajstić information content (AvgIpc) is 3.74. The fraction of sp³-hybridized carbons (Fsp3) is 0.633. The second-order valence-electron chi connectivity index (χ2n) is 18.9. The van der Waals surface area contributed by atoms with Gasteiger partial charge in [0.05, 0.1) is 45.7 Å². The Hall–Kier alpha value is -2.64. The van der Waals surface area contributed by atoms with E-state index in [0.717, 1.165) is 16.7 Å². The molecule has 0 radical (unpaired) electrons. The Bertz CT molecular complexity index is 1810. The maximum atomic E-state index is 11.7. The molecular formula is C49H70O13Si. The van der Waals surface area contributed by atoms with E-state index in [4.69, 9.17) is 51.8 Å². The molecule has 12 atom stereocenters. The maximum Gasteiger partial charge on any atom is 0.203 e. The third-order valence-corrected chi connectivity index (χ3v) is 19.0. The van der Waals surface area contributed by atoms with Gasteiger partial charge in [-0.2, -0.15) is 0 Å². The van der Waals surface area contributed by atoms with Crippen LogP contribution in [0.25, 0.3) is 0 Å². The summed E-state index contributed by atoms with van der Waals surface area (Å²) in [5.41, 5.74) is 2.05. The van der Waals surface area contributed by atoms with E-state index in [1.165, 1.54) is 0 Å². The van der Waals surface area contributed by atoms with Crippen molar-refractivity contribution < 1.29 is 62.0 Å². The number of hydrogen-bond acceptors (Lipinski definition) is 13. The quantitative estimate of drug-likeness (QED) is 0.116. The smallest absolute Gasteiger partial charge is 0.203 e. The second-order valence-corrected chi connectivity index (χ2v) is 24.3. The average molecular weight is 895 g/mol. The van der Waals surface area contributed by atoms with E-state index in [1.54, 1.807) is 0 Å². The predicted molar refractivity (Wildman–Crippen MR) is 237 cm³/mol. The molecule has 14 heteroatoms. The lowest BCUT2D eigenvalue weighted by molar-refractivity contribution is -0.349. The SMILES string of the molecule is CC(C)[Si](O[C@@H]1O[C@H](C)[C@H](O[C@@H]2OC[C@@H](OCc3ccccc3)C(O[C@@H]3OCC(O)(COCc4ccccc4)[C@@H]3O)C2OCc2ccccc2)C2OC(C)(C)OC21)(C(C)C)C(C)C. The molecule has 0 bridgehead atoms. The van der Waals surface area contributed by atoms with Gasteiger partial charge < -0.3 is 62.0 Å². The van der Waals surface area contributed by atoms with Crippen molar-refractivity contribution in [1.29, 1.82) is 0 Å². The first-order valence-corrected chi connectivity index (χ1v) is 24.8. The molecule has 3 aromatic carbocycles. The van der Waals surface area contributed by atoms with Crippen LogP contribution in [-0.2, 0) is 71.6 Å². The monoisotopic (exact) mass is 894 g/mol. The van der Waals surface area contributed by atoms with Crippen LogP contribution in [0.3, 0.4) is 0 Å². The zero-order chi connectivity index (χ0) is 44.9. The molecule has 5 unspecified atom stereocenters. The van der Waals surface area contributed by atoms with Crippen molar-refractivity contribution in [3.63, 3.8) is 0 Å². The van der Waals surface area contributed by atoms with Crippen LogP contribution < -0.4 is 0 Å². The van der Waals surface area contributed by atoms with Crippen LogP contribution in [0.5, 0.6) is 0 Å². The van der Waals surface area contributed by atoms with Crippen LogP contribution in [0, 0.1) is 0 Å². The summed E-state index contributed by atoms with van der Waals surface area (Å²) in [6.07, 6.45) is -9.35. The molecular weight excluding hydrogens is 825 g/mol. The van der Waals surface area contributed by atoms with E-state index in [-0.39, 0.29) is 39.6 Å². The molecule has 7 rings (SSSR count).